The molecule has 112 valence electrons. The molecule has 2 fully saturated rings. The molecule has 2 aliphatic rings. The maximum Gasteiger partial charge on any atom is 0.217 e. The molecule has 19 heavy (non-hydrogen) atoms. The van der Waals surface area contributed by atoms with E-state index in [-0.39, 0.29) is 24.3 Å². The number of hydrogen-bond donors (Lipinski definition) is 1. The standard InChI is InChI=1S/C11H22N2O4S2/c1-12-10-2-6-13(7-3-10)19(16,17)11-4-8-18(14,15)9-5-11/h10-12H,2-9H2,1H3. The number of nitrogens with one attached hydrogen (secondary N) is 1. The van der Waals surface area contributed by atoms with Gasteiger partial charge in [-0.05, 0) is 32.7 Å². The number of sulfonamides is 1. The molecular formula is C11H22N2O4S2. The van der Waals surface area contributed by atoms with Crippen LogP contribution in [0.5, 0.6) is 0 Å². The lowest BCUT2D eigenvalue weighted by molar-refractivity contribution is 0.295. The Bertz CT molecular complexity index is 493. The number of nitrogens with zero attached hydrogens (tertiary/aromatic N) is 1. The van der Waals surface area contributed by atoms with Crippen molar-refractivity contribution in [1.82, 2.24) is 9.62 Å². The third-order valence-electron chi connectivity index (χ3n) is 4.14. The van der Waals surface area contributed by atoms with Crippen molar-refractivity contribution < 1.29 is 16.8 Å². The van der Waals surface area contributed by atoms with E-state index in [9.17, 15) is 16.8 Å². The fourth-order valence-corrected chi connectivity index (χ4v) is 6.54. The smallest absolute Gasteiger partial charge is 0.217 e. The number of piperidine rings is 1. The maximum absolute atomic E-state index is 12.5. The molecule has 0 aromatic carbocycles. The van der Waals surface area contributed by atoms with E-state index in [2.05, 4.69) is 5.32 Å². The highest BCUT2D eigenvalue weighted by molar-refractivity contribution is 7.92. The zero-order chi connectivity index (χ0) is 14.1. The highest BCUT2D eigenvalue weighted by Crippen LogP contribution is 2.24. The lowest BCUT2D eigenvalue weighted by Gasteiger charge is -2.34. The van der Waals surface area contributed by atoms with Crippen LogP contribution in [0.15, 0.2) is 0 Å². The van der Waals surface area contributed by atoms with Crippen LogP contribution in [0.3, 0.4) is 0 Å². The largest absolute Gasteiger partial charge is 0.317 e. The molecule has 0 bridgehead atoms. The highest BCUT2D eigenvalue weighted by atomic mass is 32.2. The Morgan fingerprint density at radius 3 is 2.05 bits per heavy atom. The van der Waals surface area contributed by atoms with E-state index >= 15 is 0 Å². The SMILES string of the molecule is CNC1CCN(S(=O)(=O)C2CCS(=O)(=O)CC2)CC1. The van der Waals surface area contributed by atoms with E-state index in [1.807, 2.05) is 7.05 Å². The normalized spacial score (nSPS) is 27.4. The molecule has 6 nitrogen and oxygen atoms in total. The van der Waals surface area contributed by atoms with E-state index in [0.29, 0.717) is 19.1 Å². The van der Waals surface area contributed by atoms with Crippen LogP contribution in [0.1, 0.15) is 25.7 Å². The Morgan fingerprint density at radius 1 is 1.05 bits per heavy atom. The summed E-state index contributed by atoms with van der Waals surface area (Å²) in [6.07, 6.45) is 2.13. The topological polar surface area (TPSA) is 83.6 Å². The summed E-state index contributed by atoms with van der Waals surface area (Å²) in [6, 6.07) is 0.387. The van der Waals surface area contributed by atoms with Crippen molar-refractivity contribution in [3.63, 3.8) is 0 Å². The van der Waals surface area contributed by atoms with Crippen LogP contribution in [-0.4, -0.2) is 64.1 Å². The average molecular weight is 310 g/mol. The second-order valence-electron chi connectivity index (χ2n) is 5.36. The van der Waals surface area contributed by atoms with Crippen LogP contribution in [-0.2, 0) is 19.9 Å². The van der Waals surface area contributed by atoms with Gasteiger partial charge in [-0.1, -0.05) is 0 Å². The fourth-order valence-electron chi connectivity index (χ4n) is 2.78. The van der Waals surface area contributed by atoms with Crippen LogP contribution in [0.4, 0.5) is 0 Å². The van der Waals surface area contributed by atoms with Crippen molar-refractivity contribution in [3.05, 3.63) is 0 Å². The molecule has 0 amide bonds. The van der Waals surface area contributed by atoms with E-state index in [4.69, 9.17) is 0 Å². The molecule has 2 saturated heterocycles. The first-order chi connectivity index (χ1) is 8.85. The van der Waals surface area contributed by atoms with Gasteiger partial charge in [0.2, 0.25) is 10.0 Å². The number of rotatable bonds is 3. The van der Waals surface area contributed by atoms with E-state index < -0.39 is 25.1 Å². The molecule has 0 unspecified atom stereocenters. The lowest BCUT2D eigenvalue weighted by atomic mass is 10.1. The summed E-state index contributed by atoms with van der Waals surface area (Å²) in [6.45, 7) is 1.08. The first-order valence-electron chi connectivity index (χ1n) is 6.72. The molecule has 2 aliphatic heterocycles. The summed E-state index contributed by atoms with van der Waals surface area (Å²) in [5, 5.41) is 2.65. The molecular weight excluding hydrogens is 288 g/mol. The summed E-state index contributed by atoms with van der Waals surface area (Å²) in [7, 11) is -4.45. The Labute approximate surface area is 115 Å². The quantitative estimate of drug-likeness (QED) is 0.765. The minimum atomic E-state index is -3.33. The van der Waals surface area contributed by atoms with Gasteiger partial charge >= 0.3 is 0 Å². The molecule has 0 spiro atoms. The zero-order valence-electron chi connectivity index (χ0n) is 11.2. The lowest BCUT2D eigenvalue weighted by Crippen LogP contribution is -2.48. The van der Waals surface area contributed by atoms with Crippen molar-refractivity contribution in [1.29, 1.82) is 0 Å². The Hall–Kier alpha value is -0.180. The van der Waals surface area contributed by atoms with Gasteiger partial charge in [0.25, 0.3) is 0 Å². The monoisotopic (exact) mass is 310 g/mol. The van der Waals surface area contributed by atoms with Crippen LogP contribution < -0.4 is 5.32 Å². The Kier molecular flexibility index (Phi) is 4.54. The van der Waals surface area contributed by atoms with Crippen molar-refractivity contribution in [3.8, 4) is 0 Å². The summed E-state index contributed by atoms with van der Waals surface area (Å²) in [5.74, 6) is 0.00769. The Morgan fingerprint density at radius 2 is 1.58 bits per heavy atom. The molecule has 2 heterocycles. The van der Waals surface area contributed by atoms with E-state index in [1.165, 1.54) is 0 Å². The molecule has 0 saturated carbocycles. The molecule has 0 radical (unpaired) electrons. The molecule has 0 aromatic rings. The van der Waals surface area contributed by atoms with Gasteiger partial charge in [-0.25, -0.2) is 21.1 Å². The van der Waals surface area contributed by atoms with Crippen LogP contribution in [0, 0.1) is 0 Å². The van der Waals surface area contributed by atoms with Crippen molar-refractivity contribution in [2.45, 2.75) is 37.0 Å². The summed E-state index contributed by atoms with van der Waals surface area (Å²) < 4.78 is 49.2. The minimum absolute atomic E-state index is 0.00385. The molecule has 8 heteroatoms. The van der Waals surface area contributed by atoms with Crippen molar-refractivity contribution in [2.75, 3.05) is 31.6 Å². The van der Waals surface area contributed by atoms with E-state index in [1.54, 1.807) is 4.31 Å². The first-order valence-corrected chi connectivity index (χ1v) is 10.0. The average Bonchev–Trinajstić information content (AvgIpc) is 2.38. The van der Waals surface area contributed by atoms with Gasteiger partial charge in [-0.15, -0.1) is 0 Å². The molecule has 1 N–H and O–H groups in total. The predicted octanol–water partition coefficient (Wildman–Crippen LogP) is -0.423. The molecule has 0 atom stereocenters. The molecule has 0 aromatic heterocycles. The third kappa shape index (κ3) is 3.48. The van der Waals surface area contributed by atoms with Crippen molar-refractivity contribution in [2.24, 2.45) is 0 Å². The van der Waals surface area contributed by atoms with Gasteiger partial charge in [0.05, 0.1) is 16.8 Å². The Balaban J connectivity index is 1.99. The molecule has 2 rings (SSSR count). The van der Waals surface area contributed by atoms with Gasteiger partial charge in [0.1, 0.15) is 9.84 Å². The second kappa shape index (κ2) is 5.67. The van der Waals surface area contributed by atoms with Crippen LogP contribution >= 0.6 is 0 Å². The maximum atomic E-state index is 12.5. The van der Waals surface area contributed by atoms with Gasteiger partial charge in [-0.3, -0.25) is 0 Å². The zero-order valence-corrected chi connectivity index (χ0v) is 12.8. The van der Waals surface area contributed by atoms with Crippen LogP contribution in [0.2, 0.25) is 0 Å². The van der Waals surface area contributed by atoms with Gasteiger partial charge in [0, 0.05) is 19.1 Å². The number of sulfone groups is 1. The van der Waals surface area contributed by atoms with Crippen LogP contribution in [0.25, 0.3) is 0 Å². The molecule has 0 aliphatic carbocycles. The summed E-state index contributed by atoms with van der Waals surface area (Å²) in [5.41, 5.74) is 0. The predicted molar refractivity (Wildman–Crippen MR) is 74.3 cm³/mol. The third-order valence-corrected chi connectivity index (χ3v) is 8.26. The summed E-state index contributed by atoms with van der Waals surface area (Å²) >= 11 is 0. The first kappa shape index (κ1) is 15.2. The fraction of sp³-hybridized carbons (Fsp3) is 1.00. The van der Waals surface area contributed by atoms with E-state index in [0.717, 1.165) is 12.8 Å². The second-order valence-corrected chi connectivity index (χ2v) is 9.87. The van der Waals surface area contributed by atoms with Gasteiger partial charge in [0.15, 0.2) is 0 Å². The van der Waals surface area contributed by atoms with Gasteiger partial charge < -0.3 is 5.32 Å². The van der Waals surface area contributed by atoms with Gasteiger partial charge in [-0.2, -0.15) is 0 Å². The van der Waals surface area contributed by atoms with Crippen molar-refractivity contribution >= 4 is 19.9 Å². The highest BCUT2D eigenvalue weighted by Gasteiger charge is 2.37. The summed E-state index contributed by atoms with van der Waals surface area (Å²) in [4.78, 5) is 0. The number of hydrogen-bond acceptors (Lipinski definition) is 5. The minimum Gasteiger partial charge on any atom is -0.317 e.